The van der Waals surface area contributed by atoms with Crippen molar-refractivity contribution in [2.24, 2.45) is 0 Å². The maximum Gasteiger partial charge on any atom is 0.306 e. The Bertz CT molecular complexity index is 951. The van der Waals surface area contributed by atoms with Crippen LogP contribution in [0.3, 0.4) is 0 Å². The van der Waals surface area contributed by atoms with E-state index < -0.39 is 6.10 Å². The number of hydrogen-bond acceptors (Lipinski definition) is 6. The minimum atomic E-state index is -0.761. The summed E-state index contributed by atoms with van der Waals surface area (Å²) in [5.74, 6) is -0.831. The lowest BCUT2D eigenvalue weighted by atomic mass is 10.0. The molecule has 0 rings (SSSR count). The van der Waals surface area contributed by atoms with Gasteiger partial charge in [0, 0.05) is 19.3 Å². The molecule has 0 aromatic heterocycles. The van der Waals surface area contributed by atoms with Gasteiger partial charge in [0.15, 0.2) is 6.10 Å². The van der Waals surface area contributed by atoms with E-state index in [4.69, 9.17) is 14.2 Å². The van der Waals surface area contributed by atoms with Gasteiger partial charge < -0.3 is 14.2 Å². The summed E-state index contributed by atoms with van der Waals surface area (Å²) in [6, 6.07) is 0. The van der Waals surface area contributed by atoms with Gasteiger partial charge in [0.2, 0.25) is 0 Å². The van der Waals surface area contributed by atoms with Crippen LogP contribution in [-0.2, 0) is 28.6 Å². The van der Waals surface area contributed by atoms with Crippen molar-refractivity contribution in [3.05, 3.63) is 0 Å². The van der Waals surface area contributed by atoms with Crippen LogP contribution in [0.4, 0.5) is 0 Å². The molecule has 64 heavy (non-hydrogen) atoms. The number of rotatable bonds is 54. The number of ether oxygens (including phenoxy) is 3. The van der Waals surface area contributed by atoms with Crippen LogP contribution in [0.15, 0.2) is 0 Å². The van der Waals surface area contributed by atoms with Crippen LogP contribution in [0.1, 0.15) is 335 Å². The van der Waals surface area contributed by atoms with E-state index in [0.717, 1.165) is 57.8 Å². The fourth-order valence-electron chi connectivity index (χ4n) is 8.98. The smallest absolute Gasteiger partial charge is 0.306 e. The summed E-state index contributed by atoms with van der Waals surface area (Å²) >= 11 is 0. The quantitative estimate of drug-likeness (QED) is 0.0344. The Labute approximate surface area is 399 Å². The monoisotopic (exact) mass is 905 g/mol. The molecule has 0 fully saturated rings. The Morgan fingerprint density at radius 3 is 0.625 bits per heavy atom. The molecule has 0 aliphatic rings. The van der Waals surface area contributed by atoms with Crippen molar-refractivity contribution in [2.45, 2.75) is 341 Å². The van der Waals surface area contributed by atoms with Gasteiger partial charge in [-0.3, -0.25) is 14.4 Å². The molecule has 0 spiro atoms. The average molecular weight is 906 g/mol. The molecule has 0 aliphatic carbocycles. The van der Waals surface area contributed by atoms with E-state index >= 15 is 0 Å². The predicted octanol–water partition coefficient (Wildman–Crippen LogP) is 19.2. The van der Waals surface area contributed by atoms with Crippen molar-refractivity contribution in [1.82, 2.24) is 0 Å². The van der Waals surface area contributed by atoms with Crippen LogP contribution in [0, 0.1) is 0 Å². The van der Waals surface area contributed by atoms with Crippen LogP contribution in [0.2, 0.25) is 0 Å². The first-order chi connectivity index (χ1) is 31.5. The molecular formula is C58H112O6. The van der Waals surface area contributed by atoms with Gasteiger partial charge in [-0.25, -0.2) is 0 Å². The molecule has 0 saturated carbocycles. The molecule has 6 nitrogen and oxygen atoms in total. The largest absolute Gasteiger partial charge is 0.462 e. The lowest BCUT2D eigenvalue weighted by molar-refractivity contribution is -0.167. The average Bonchev–Trinajstić information content (AvgIpc) is 3.29. The Morgan fingerprint density at radius 2 is 0.422 bits per heavy atom. The fourth-order valence-corrected chi connectivity index (χ4v) is 8.98. The molecule has 0 aromatic rings. The van der Waals surface area contributed by atoms with Crippen molar-refractivity contribution in [2.75, 3.05) is 13.2 Å². The molecule has 0 saturated heterocycles. The summed E-state index contributed by atoms with van der Waals surface area (Å²) < 4.78 is 16.9. The zero-order valence-electron chi connectivity index (χ0n) is 43.6. The summed E-state index contributed by atoms with van der Waals surface area (Å²) in [5.41, 5.74) is 0. The highest BCUT2D eigenvalue weighted by Gasteiger charge is 2.19. The summed E-state index contributed by atoms with van der Waals surface area (Å²) in [7, 11) is 0. The summed E-state index contributed by atoms with van der Waals surface area (Å²) in [4.78, 5) is 38.1. The first kappa shape index (κ1) is 62.4. The molecular weight excluding hydrogens is 793 g/mol. The molecule has 0 heterocycles. The van der Waals surface area contributed by atoms with Crippen LogP contribution in [-0.4, -0.2) is 37.2 Å². The second-order valence-electron chi connectivity index (χ2n) is 19.9. The highest BCUT2D eigenvalue weighted by molar-refractivity contribution is 5.71. The van der Waals surface area contributed by atoms with Crippen LogP contribution in [0.5, 0.6) is 0 Å². The summed E-state index contributed by atoms with van der Waals surface area (Å²) in [6.45, 7) is 6.71. The third-order valence-corrected chi connectivity index (χ3v) is 13.4. The zero-order valence-corrected chi connectivity index (χ0v) is 43.6. The van der Waals surface area contributed by atoms with Crippen LogP contribution < -0.4 is 0 Å². The van der Waals surface area contributed by atoms with E-state index in [9.17, 15) is 14.4 Å². The van der Waals surface area contributed by atoms with E-state index in [-0.39, 0.29) is 31.1 Å². The normalized spacial score (nSPS) is 11.9. The van der Waals surface area contributed by atoms with Gasteiger partial charge in [0.05, 0.1) is 0 Å². The van der Waals surface area contributed by atoms with Crippen LogP contribution in [0.25, 0.3) is 0 Å². The highest BCUT2D eigenvalue weighted by atomic mass is 16.6. The van der Waals surface area contributed by atoms with Crippen molar-refractivity contribution in [3.8, 4) is 0 Å². The van der Waals surface area contributed by atoms with Gasteiger partial charge >= 0.3 is 17.9 Å². The first-order valence-electron chi connectivity index (χ1n) is 29.0. The first-order valence-corrected chi connectivity index (χ1v) is 29.0. The highest BCUT2D eigenvalue weighted by Crippen LogP contribution is 2.18. The maximum atomic E-state index is 12.8. The van der Waals surface area contributed by atoms with E-state index in [1.54, 1.807) is 0 Å². The molecule has 6 heteroatoms. The molecule has 0 aliphatic heterocycles. The molecule has 0 amide bonds. The van der Waals surface area contributed by atoms with E-state index in [1.807, 2.05) is 0 Å². The Morgan fingerprint density at radius 1 is 0.250 bits per heavy atom. The number of carbonyl (C=O) groups is 3. The Balaban J connectivity index is 4.29. The number of carbonyl (C=O) groups excluding carboxylic acids is 3. The fraction of sp³-hybridized carbons (Fsp3) is 0.948. The molecule has 0 unspecified atom stereocenters. The second-order valence-corrected chi connectivity index (χ2v) is 19.9. The lowest BCUT2D eigenvalue weighted by Gasteiger charge is -2.18. The van der Waals surface area contributed by atoms with Crippen molar-refractivity contribution in [1.29, 1.82) is 0 Å². The lowest BCUT2D eigenvalue weighted by Crippen LogP contribution is -2.30. The third kappa shape index (κ3) is 51.4. The van der Waals surface area contributed by atoms with Gasteiger partial charge in [-0.2, -0.15) is 0 Å². The Hall–Kier alpha value is -1.59. The summed E-state index contributed by atoms with van der Waals surface area (Å²) in [5, 5.41) is 0. The minimum absolute atomic E-state index is 0.0610. The molecule has 1 atom stereocenters. The maximum absolute atomic E-state index is 12.8. The molecule has 0 N–H and O–H groups in total. The molecule has 380 valence electrons. The van der Waals surface area contributed by atoms with Crippen molar-refractivity contribution >= 4 is 17.9 Å². The van der Waals surface area contributed by atoms with E-state index in [2.05, 4.69) is 20.8 Å². The van der Waals surface area contributed by atoms with Crippen molar-refractivity contribution in [3.63, 3.8) is 0 Å². The van der Waals surface area contributed by atoms with Gasteiger partial charge in [-0.15, -0.1) is 0 Å². The Kier molecular flexibility index (Phi) is 52.7. The van der Waals surface area contributed by atoms with Gasteiger partial charge in [0.1, 0.15) is 13.2 Å². The van der Waals surface area contributed by atoms with Crippen molar-refractivity contribution < 1.29 is 28.6 Å². The predicted molar refractivity (Wildman–Crippen MR) is 275 cm³/mol. The van der Waals surface area contributed by atoms with Crippen LogP contribution >= 0.6 is 0 Å². The van der Waals surface area contributed by atoms with Gasteiger partial charge in [0.25, 0.3) is 0 Å². The number of hydrogen-bond donors (Lipinski definition) is 0. The standard InChI is InChI=1S/C58H112O6/c1-4-7-10-13-16-19-22-25-28-29-31-34-37-40-43-46-49-52-58(61)64-55(53-62-56(59)50-47-44-41-38-35-32-27-24-21-18-15-12-9-6-3)54-63-57(60)51-48-45-42-39-36-33-30-26-23-20-17-14-11-8-5-2/h55H,4-54H2,1-3H3/t55-/m0/s1. The van der Waals surface area contributed by atoms with Gasteiger partial charge in [-0.1, -0.05) is 297 Å². The molecule has 0 aromatic carbocycles. The minimum Gasteiger partial charge on any atom is -0.462 e. The molecule has 0 bridgehead atoms. The SMILES string of the molecule is CCCCCCCCCCCCCCCCCCCC(=O)O[C@@H](COC(=O)CCCCCCCCCCCCCCCC)COC(=O)CCCCCCCCCCCCCCCCC. The van der Waals surface area contributed by atoms with Gasteiger partial charge in [-0.05, 0) is 19.3 Å². The molecule has 0 radical (unpaired) electrons. The second kappa shape index (κ2) is 54.0. The number of esters is 3. The zero-order chi connectivity index (χ0) is 46.5. The van der Waals surface area contributed by atoms with E-state index in [1.165, 1.54) is 238 Å². The summed E-state index contributed by atoms with van der Waals surface area (Å²) in [6.07, 6.45) is 59.4. The topological polar surface area (TPSA) is 78.9 Å². The number of unbranched alkanes of at least 4 members (excludes halogenated alkanes) is 43. The van der Waals surface area contributed by atoms with E-state index in [0.29, 0.717) is 19.3 Å². The third-order valence-electron chi connectivity index (χ3n) is 13.4.